The second kappa shape index (κ2) is 3.13. The SMILES string of the molecule is Cc1cnc(CN)c(C#N)c1. The molecule has 3 heteroatoms. The van der Waals surface area contributed by atoms with E-state index in [0.717, 1.165) is 5.56 Å². The van der Waals surface area contributed by atoms with Crippen molar-refractivity contribution in [3.05, 3.63) is 29.1 Å². The first-order valence-electron chi connectivity index (χ1n) is 3.33. The van der Waals surface area contributed by atoms with Gasteiger partial charge < -0.3 is 5.73 Å². The van der Waals surface area contributed by atoms with Gasteiger partial charge in [-0.25, -0.2) is 0 Å². The Hall–Kier alpha value is -1.40. The maximum atomic E-state index is 8.63. The fourth-order valence-corrected chi connectivity index (χ4v) is 0.857. The van der Waals surface area contributed by atoms with E-state index in [0.29, 0.717) is 17.8 Å². The smallest absolute Gasteiger partial charge is 0.101 e. The van der Waals surface area contributed by atoms with Crippen molar-refractivity contribution < 1.29 is 0 Å². The molecule has 1 aromatic heterocycles. The van der Waals surface area contributed by atoms with Gasteiger partial charge in [-0.15, -0.1) is 0 Å². The molecule has 0 bridgehead atoms. The van der Waals surface area contributed by atoms with Crippen LogP contribution in [-0.2, 0) is 6.54 Å². The standard InChI is InChI=1S/C8H9N3/c1-6-2-7(3-9)8(4-10)11-5-6/h2,5H,4,10H2,1H3. The summed E-state index contributed by atoms with van der Waals surface area (Å²) < 4.78 is 0. The zero-order valence-corrected chi connectivity index (χ0v) is 6.33. The molecule has 56 valence electrons. The second-order valence-corrected chi connectivity index (χ2v) is 2.32. The summed E-state index contributed by atoms with van der Waals surface area (Å²) in [6.07, 6.45) is 1.71. The van der Waals surface area contributed by atoms with Gasteiger partial charge in [0.05, 0.1) is 11.3 Å². The molecule has 0 saturated heterocycles. The molecule has 0 aliphatic carbocycles. The Morgan fingerprint density at radius 1 is 1.73 bits per heavy atom. The van der Waals surface area contributed by atoms with E-state index in [1.54, 1.807) is 12.3 Å². The van der Waals surface area contributed by atoms with Gasteiger partial charge in [0.1, 0.15) is 6.07 Å². The van der Waals surface area contributed by atoms with Crippen molar-refractivity contribution in [2.75, 3.05) is 0 Å². The Morgan fingerprint density at radius 3 is 3.00 bits per heavy atom. The van der Waals surface area contributed by atoms with Crippen molar-refractivity contribution in [2.45, 2.75) is 13.5 Å². The molecule has 0 spiro atoms. The Morgan fingerprint density at radius 2 is 2.45 bits per heavy atom. The molecule has 0 aromatic carbocycles. The largest absolute Gasteiger partial charge is 0.325 e. The van der Waals surface area contributed by atoms with Gasteiger partial charge in [-0.3, -0.25) is 4.98 Å². The van der Waals surface area contributed by atoms with Crippen molar-refractivity contribution in [2.24, 2.45) is 5.73 Å². The van der Waals surface area contributed by atoms with Crippen molar-refractivity contribution in [1.82, 2.24) is 4.98 Å². The van der Waals surface area contributed by atoms with E-state index in [9.17, 15) is 0 Å². The highest BCUT2D eigenvalue weighted by atomic mass is 14.7. The van der Waals surface area contributed by atoms with Crippen LogP contribution in [0.5, 0.6) is 0 Å². The zero-order valence-electron chi connectivity index (χ0n) is 6.33. The van der Waals surface area contributed by atoms with Gasteiger partial charge in [0.15, 0.2) is 0 Å². The number of nitriles is 1. The molecule has 0 atom stereocenters. The Kier molecular flexibility index (Phi) is 2.19. The highest BCUT2D eigenvalue weighted by molar-refractivity contribution is 5.35. The molecule has 1 rings (SSSR count). The van der Waals surface area contributed by atoms with E-state index < -0.39 is 0 Å². The van der Waals surface area contributed by atoms with Gasteiger partial charge in [-0.1, -0.05) is 0 Å². The number of hydrogen-bond donors (Lipinski definition) is 1. The minimum absolute atomic E-state index is 0.323. The summed E-state index contributed by atoms with van der Waals surface area (Å²) in [5.41, 5.74) is 7.59. The number of nitrogens with two attached hydrogens (primary N) is 1. The monoisotopic (exact) mass is 147 g/mol. The lowest BCUT2D eigenvalue weighted by Crippen LogP contribution is -2.02. The van der Waals surface area contributed by atoms with Crippen LogP contribution in [0.15, 0.2) is 12.3 Å². The highest BCUT2D eigenvalue weighted by Gasteiger charge is 1.99. The summed E-state index contributed by atoms with van der Waals surface area (Å²) in [4.78, 5) is 4.02. The molecule has 1 heterocycles. The lowest BCUT2D eigenvalue weighted by Gasteiger charge is -1.98. The summed E-state index contributed by atoms with van der Waals surface area (Å²) in [6, 6.07) is 3.83. The van der Waals surface area contributed by atoms with Crippen LogP contribution in [0, 0.1) is 18.3 Å². The third-order valence-electron chi connectivity index (χ3n) is 1.42. The molecule has 0 aliphatic rings. The minimum Gasteiger partial charge on any atom is -0.325 e. The molecule has 3 nitrogen and oxygen atoms in total. The number of pyridine rings is 1. The molecule has 1 aromatic rings. The van der Waals surface area contributed by atoms with Crippen LogP contribution in [-0.4, -0.2) is 4.98 Å². The van der Waals surface area contributed by atoms with Crippen LogP contribution in [0.3, 0.4) is 0 Å². The highest BCUT2D eigenvalue weighted by Crippen LogP contribution is 2.05. The third-order valence-corrected chi connectivity index (χ3v) is 1.42. The molecule has 0 radical (unpaired) electrons. The van der Waals surface area contributed by atoms with Gasteiger partial charge in [0.2, 0.25) is 0 Å². The summed E-state index contributed by atoms with van der Waals surface area (Å²) in [5, 5.41) is 8.63. The average Bonchev–Trinajstić information content (AvgIpc) is 2.04. The molecule has 0 amide bonds. The molecule has 11 heavy (non-hydrogen) atoms. The van der Waals surface area contributed by atoms with Crippen molar-refractivity contribution in [3.63, 3.8) is 0 Å². The van der Waals surface area contributed by atoms with E-state index in [4.69, 9.17) is 11.0 Å². The average molecular weight is 147 g/mol. The minimum atomic E-state index is 0.323. The number of aryl methyl sites for hydroxylation is 1. The topological polar surface area (TPSA) is 62.7 Å². The first-order valence-corrected chi connectivity index (χ1v) is 3.33. The van der Waals surface area contributed by atoms with Gasteiger partial charge >= 0.3 is 0 Å². The Balaban J connectivity index is 3.19. The van der Waals surface area contributed by atoms with Crippen molar-refractivity contribution in [3.8, 4) is 6.07 Å². The summed E-state index contributed by atoms with van der Waals surface area (Å²) >= 11 is 0. The van der Waals surface area contributed by atoms with Crippen LogP contribution in [0.25, 0.3) is 0 Å². The predicted octanol–water partition coefficient (Wildman–Crippen LogP) is 0.720. The lowest BCUT2D eigenvalue weighted by atomic mass is 10.1. The first-order chi connectivity index (χ1) is 5.27. The summed E-state index contributed by atoms with van der Waals surface area (Å²) in [5.74, 6) is 0. The van der Waals surface area contributed by atoms with Gasteiger partial charge in [0.25, 0.3) is 0 Å². The van der Waals surface area contributed by atoms with Gasteiger partial charge in [0, 0.05) is 12.7 Å². The maximum Gasteiger partial charge on any atom is 0.101 e. The normalized spacial score (nSPS) is 9.18. The summed E-state index contributed by atoms with van der Waals surface area (Å²) in [6.45, 7) is 2.22. The Bertz CT molecular complexity index is 299. The molecular formula is C8H9N3. The molecule has 2 N–H and O–H groups in total. The van der Waals surface area contributed by atoms with Crippen LogP contribution >= 0.6 is 0 Å². The first kappa shape index (κ1) is 7.70. The molecule has 0 aliphatic heterocycles. The van der Waals surface area contributed by atoms with Crippen molar-refractivity contribution in [1.29, 1.82) is 5.26 Å². The van der Waals surface area contributed by atoms with E-state index in [-0.39, 0.29) is 0 Å². The molecular weight excluding hydrogens is 138 g/mol. The van der Waals surface area contributed by atoms with Crippen LogP contribution in [0.1, 0.15) is 16.8 Å². The fraction of sp³-hybridized carbons (Fsp3) is 0.250. The number of hydrogen-bond acceptors (Lipinski definition) is 3. The second-order valence-electron chi connectivity index (χ2n) is 2.32. The maximum absolute atomic E-state index is 8.63. The molecule has 0 unspecified atom stereocenters. The summed E-state index contributed by atoms with van der Waals surface area (Å²) in [7, 11) is 0. The number of nitrogens with zero attached hydrogens (tertiary/aromatic N) is 2. The zero-order chi connectivity index (χ0) is 8.27. The quantitative estimate of drug-likeness (QED) is 0.636. The van der Waals surface area contributed by atoms with Gasteiger partial charge in [-0.2, -0.15) is 5.26 Å². The Labute approximate surface area is 65.5 Å². The van der Waals surface area contributed by atoms with Crippen LogP contribution < -0.4 is 5.73 Å². The predicted molar refractivity (Wildman–Crippen MR) is 41.6 cm³/mol. The van der Waals surface area contributed by atoms with Crippen LogP contribution in [0.4, 0.5) is 0 Å². The van der Waals surface area contributed by atoms with E-state index in [2.05, 4.69) is 4.98 Å². The number of rotatable bonds is 1. The van der Waals surface area contributed by atoms with Crippen LogP contribution in [0.2, 0.25) is 0 Å². The fourth-order valence-electron chi connectivity index (χ4n) is 0.857. The molecule has 0 fully saturated rings. The number of aromatic nitrogens is 1. The van der Waals surface area contributed by atoms with E-state index in [1.807, 2.05) is 13.0 Å². The van der Waals surface area contributed by atoms with Crippen molar-refractivity contribution >= 4 is 0 Å². The molecule has 0 saturated carbocycles. The van der Waals surface area contributed by atoms with E-state index in [1.165, 1.54) is 0 Å². The van der Waals surface area contributed by atoms with Gasteiger partial charge in [-0.05, 0) is 18.6 Å². The lowest BCUT2D eigenvalue weighted by molar-refractivity contribution is 0.975. The third kappa shape index (κ3) is 1.54. The van der Waals surface area contributed by atoms with E-state index >= 15 is 0 Å².